The van der Waals surface area contributed by atoms with Crippen LogP contribution in [0.3, 0.4) is 0 Å². The van der Waals surface area contributed by atoms with E-state index in [0.29, 0.717) is 17.4 Å². The second-order valence-corrected chi connectivity index (χ2v) is 6.18. The first-order valence-corrected chi connectivity index (χ1v) is 8.14. The fourth-order valence-corrected chi connectivity index (χ4v) is 2.96. The van der Waals surface area contributed by atoms with Gasteiger partial charge in [0.2, 0.25) is 5.95 Å². The lowest BCUT2D eigenvalue weighted by Crippen LogP contribution is -2.28. The molecule has 2 aromatic heterocycles. The van der Waals surface area contributed by atoms with Crippen LogP contribution in [-0.2, 0) is 13.5 Å². The second-order valence-electron chi connectivity index (χ2n) is 6.18. The maximum atomic E-state index is 12.4. The van der Waals surface area contributed by atoms with Gasteiger partial charge < -0.3 is 4.90 Å². The molecule has 0 saturated heterocycles. The number of aromatic amines is 1. The summed E-state index contributed by atoms with van der Waals surface area (Å²) in [6, 6.07) is 0. The Morgan fingerprint density at radius 2 is 2.05 bits per heavy atom. The molecule has 0 saturated carbocycles. The highest BCUT2D eigenvalue weighted by molar-refractivity contribution is 5.77. The molecule has 2 rings (SSSR count). The Bertz CT molecular complexity index is 688. The van der Waals surface area contributed by atoms with Crippen molar-refractivity contribution < 1.29 is 0 Å². The van der Waals surface area contributed by atoms with E-state index in [4.69, 9.17) is 0 Å². The van der Waals surface area contributed by atoms with E-state index in [0.717, 1.165) is 30.6 Å². The van der Waals surface area contributed by atoms with Gasteiger partial charge in [-0.25, -0.2) is 4.98 Å². The Morgan fingerprint density at radius 3 is 2.68 bits per heavy atom. The SMILES string of the molecule is CCCc1nn(C)c2c(=O)[nH]c(N(C)CC(C)CCC)nc12. The fraction of sp³-hybridized carbons (Fsp3) is 0.688. The largest absolute Gasteiger partial charge is 0.345 e. The number of H-pyrrole nitrogens is 1. The van der Waals surface area contributed by atoms with Gasteiger partial charge in [0, 0.05) is 20.6 Å². The molecule has 0 aliphatic heterocycles. The highest BCUT2D eigenvalue weighted by Crippen LogP contribution is 2.17. The Labute approximate surface area is 131 Å². The molecule has 1 unspecified atom stereocenters. The van der Waals surface area contributed by atoms with Crippen molar-refractivity contribution in [1.82, 2.24) is 19.7 Å². The summed E-state index contributed by atoms with van der Waals surface area (Å²) in [4.78, 5) is 22.0. The van der Waals surface area contributed by atoms with Crippen molar-refractivity contribution in [3.63, 3.8) is 0 Å². The van der Waals surface area contributed by atoms with Crippen molar-refractivity contribution in [3.05, 3.63) is 16.0 Å². The summed E-state index contributed by atoms with van der Waals surface area (Å²) in [6.45, 7) is 7.40. The molecule has 0 amide bonds. The average Bonchev–Trinajstić information content (AvgIpc) is 2.76. The van der Waals surface area contributed by atoms with E-state index in [1.807, 2.05) is 11.9 Å². The lowest BCUT2D eigenvalue weighted by Gasteiger charge is -2.21. The third-order valence-corrected chi connectivity index (χ3v) is 3.97. The molecule has 0 aromatic carbocycles. The van der Waals surface area contributed by atoms with Crippen LogP contribution in [0.25, 0.3) is 11.0 Å². The minimum atomic E-state index is -0.118. The summed E-state index contributed by atoms with van der Waals surface area (Å²) in [5.41, 5.74) is 2.08. The van der Waals surface area contributed by atoms with Crippen molar-refractivity contribution >= 4 is 17.0 Å². The van der Waals surface area contributed by atoms with Gasteiger partial charge in [0.25, 0.3) is 5.56 Å². The van der Waals surface area contributed by atoms with Crippen LogP contribution in [0.4, 0.5) is 5.95 Å². The zero-order chi connectivity index (χ0) is 16.3. The van der Waals surface area contributed by atoms with Crippen LogP contribution in [0.5, 0.6) is 0 Å². The van der Waals surface area contributed by atoms with E-state index in [9.17, 15) is 4.79 Å². The van der Waals surface area contributed by atoms with E-state index >= 15 is 0 Å². The Hall–Kier alpha value is -1.85. The molecule has 122 valence electrons. The Morgan fingerprint density at radius 1 is 1.32 bits per heavy atom. The molecule has 0 aliphatic rings. The van der Waals surface area contributed by atoms with Crippen LogP contribution in [0.2, 0.25) is 0 Å². The number of nitrogens with one attached hydrogen (secondary N) is 1. The first-order chi connectivity index (χ1) is 10.5. The van der Waals surface area contributed by atoms with Crippen molar-refractivity contribution in [2.24, 2.45) is 13.0 Å². The molecule has 2 aromatic rings. The molecule has 0 fully saturated rings. The summed E-state index contributed by atoms with van der Waals surface area (Å²) in [5.74, 6) is 1.20. The van der Waals surface area contributed by atoms with Gasteiger partial charge in [-0.15, -0.1) is 0 Å². The molecule has 6 heteroatoms. The monoisotopic (exact) mass is 305 g/mol. The highest BCUT2D eigenvalue weighted by Gasteiger charge is 2.16. The van der Waals surface area contributed by atoms with Crippen LogP contribution < -0.4 is 10.5 Å². The normalized spacial score (nSPS) is 12.8. The van der Waals surface area contributed by atoms with E-state index in [1.54, 1.807) is 11.7 Å². The van der Waals surface area contributed by atoms with E-state index in [-0.39, 0.29) is 5.56 Å². The smallest absolute Gasteiger partial charge is 0.278 e. The summed E-state index contributed by atoms with van der Waals surface area (Å²) < 4.78 is 1.63. The maximum absolute atomic E-state index is 12.4. The van der Waals surface area contributed by atoms with E-state index < -0.39 is 0 Å². The van der Waals surface area contributed by atoms with Crippen LogP contribution in [-0.4, -0.2) is 33.3 Å². The molecule has 2 heterocycles. The minimum Gasteiger partial charge on any atom is -0.345 e. The third kappa shape index (κ3) is 3.31. The standard InChI is InChI=1S/C16H27N5O/c1-6-8-11(3)10-20(4)16-17-13-12(9-7-2)19-21(5)14(13)15(22)18-16/h11H,6-10H2,1-5H3,(H,17,18,22). The molecule has 0 bridgehead atoms. The number of anilines is 1. The molecular weight excluding hydrogens is 278 g/mol. The van der Waals surface area contributed by atoms with Gasteiger partial charge in [-0.1, -0.05) is 33.6 Å². The van der Waals surface area contributed by atoms with Crippen LogP contribution in [0.1, 0.15) is 45.7 Å². The Balaban J connectivity index is 2.39. The number of hydrogen-bond acceptors (Lipinski definition) is 4. The minimum absolute atomic E-state index is 0.118. The predicted molar refractivity (Wildman–Crippen MR) is 90.5 cm³/mol. The maximum Gasteiger partial charge on any atom is 0.278 e. The quantitative estimate of drug-likeness (QED) is 0.853. The highest BCUT2D eigenvalue weighted by atomic mass is 16.1. The summed E-state index contributed by atoms with van der Waals surface area (Å²) in [5, 5.41) is 4.45. The van der Waals surface area contributed by atoms with Gasteiger partial charge in [-0.3, -0.25) is 14.5 Å². The average molecular weight is 305 g/mol. The predicted octanol–water partition coefficient (Wildman–Crippen LogP) is 2.48. The van der Waals surface area contributed by atoms with Crippen LogP contribution >= 0.6 is 0 Å². The molecule has 0 radical (unpaired) electrons. The molecule has 6 nitrogen and oxygen atoms in total. The van der Waals surface area contributed by atoms with E-state index in [2.05, 4.69) is 35.8 Å². The number of nitrogens with zero attached hydrogens (tertiary/aromatic N) is 4. The van der Waals surface area contributed by atoms with Crippen molar-refractivity contribution in [3.8, 4) is 0 Å². The van der Waals surface area contributed by atoms with Crippen molar-refractivity contribution in [2.45, 2.75) is 46.5 Å². The fourth-order valence-electron chi connectivity index (χ4n) is 2.96. The number of fused-ring (bicyclic) bond motifs is 1. The Kier molecular flexibility index (Phi) is 5.21. The summed E-state index contributed by atoms with van der Waals surface area (Å²) >= 11 is 0. The number of rotatable bonds is 7. The van der Waals surface area contributed by atoms with Gasteiger partial charge in [0.05, 0.1) is 5.69 Å². The molecular formula is C16H27N5O. The van der Waals surface area contributed by atoms with Gasteiger partial charge in [0.1, 0.15) is 5.52 Å². The summed E-state index contributed by atoms with van der Waals surface area (Å²) in [6.07, 6.45) is 4.16. The zero-order valence-electron chi connectivity index (χ0n) is 14.3. The first-order valence-electron chi connectivity index (χ1n) is 8.14. The van der Waals surface area contributed by atoms with Crippen molar-refractivity contribution in [2.75, 3.05) is 18.5 Å². The summed E-state index contributed by atoms with van der Waals surface area (Å²) in [7, 11) is 3.78. The van der Waals surface area contributed by atoms with Crippen molar-refractivity contribution in [1.29, 1.82) is 0 Å². The number of aromatic nitrogens is 4. The molecule has 22 heavy (non-hydrogen) atoms. The van der Waals surface area contributed by atoms with Crippen LogP contribution in [0.15, 0.2) is 4.79 Å². The number of aryl methyl sites for hydroxylation is 2. The van der Waals surface area contributed by atoms with Gasteiger partial charge in [-0.2, -0.15) is 5.10 Å². The molecule has 1 N–H and O–H groups in total. The first kappa shape index (κ1) is 16.5. The zero-order valence-corrected chi connectivity index (χ0v) is 14.3. The molecule has 1 atom stereocenters. The van der Waals surface area contributed by atoms with E-state index in [1.165, 1.54) is 12.8 Å². The van der Waals surface area contributed by atoms with Gasteiger partial charge >= 0.3 is 0 Å². The third-order valence-electron chi connectivity index (χ3n) is 3.97. The van der Waals surface area contributed by atoms with Gasteiger partial charge in [-0.05, 0) is 18.8 Å². The van der Waals surface area contributed by atoms with Crippen LogP contribution in [0, 0.1) is 5.92 Å². The second kappa shape index (κ2) is 6.94. The van der Waals surface area contributed by atoms with Gasteiger partial charge in [0.15, 0.2) is 5.52 Å². The molecule has 0 aliphatic carbocycles. The lowest BCUT2D eigenvalue weighted by atomic mass is 10.1. The lowest BCUT2D eigenvalue weighted by molar-refractivity contribution is 0.521. The topological polar surface area (TPSA) is 66.8 Å². The number of hydrogen-bond donors (Lipinski definition) is 1. The molecule has 0 spiro atoms.